The molecule has 0 amide bonds. The molecule has 100 valence electrons. The molecule has 1 aromatic rings. The fourth-order valence-corrected chi connectivity index (χ4v) is 2.56. The molecule has 0 spiro atoms. The van der Waals surface area contributed by atoms with Crippen LogP contribution in [0, 0.1) is 5.82 Å². The summed E-state index contributed by atoms with van der Waals surface area (Å²) < 4.78 is 13.7. The van der Waals surface area contributed by atoms with Gasteiger partial charge in [-0.25, -0.2) is 4.39 Å². The second-order valence-corrected chi connectivity index (χ2v) is 5.09. The third kappa shape index (κ3) is 2.82. The van der Waals surface area contributed by atoms with Gasteiger partial charge >= 0.3 is 0 Å². The van der Waals surface area contributed by atoms with Gasteiger partial charge < -0.3 is 10.6 Å². The van der Waals surface area contributed by atoms with Crippen LogP contribution in [0.25, 0.3) is 0 Å². The minimum atomic E-state index is -0.193. The Morgan fingerprint density at radius 3 is 2.83 bits per heavy atom. The first-order chi connectivity index (χ1) is 8.61. The maximum absolute atomic E-state index is 13.7. The number of rotatable bonds is 3. The molecule has 1 aromatic carbocycles. The summed E-state index contributed by atoms with van der Waals surface area (Å²) in [5.41, 5.74) is 7.05. The van der Waals surface area contributed by atoms with Gasteiger partial charge in [-0.2, -0.15) is 0 Å². The number of anilines is 1. The average molecular weight is 251 g/mol. The summed E-state index contributed by atoms with van der Waals surface area (Å²) in [5.74, 6) is -0.193. The number of nitrogens with zero attached hydrogens (tertiary/aromatic N) is 2. The Hall–Kier alpha value is -1.13. The standard InChI is InChI=1S/C14H22FN3/c1-3-11-9-18(8-7-17(11)2)10-12-13(15)5-4-6-14(12)16/h4-6,11H,3,7-10,16H2,1-2H3. The Labute approximate surface area is 108 Å². The van der Waals surface area contributed by atoms with Crippen LogP contribution in [0.3, 0.4) is 0 Å². The maximum Gasteiger partial charge on any atom is 0.129 e. The topological polar surface area (TPSA) is 32.5 Å². The summed E-state index contributed by atoms with van der Waals surface area (Å²) in [6.45, 7) is 5.80. The molecule has 3 nitrogen and oxygen atoms in total. The Kier molecular flexibility index (Phi) is 4.19. The molecule has 0 saturated carbocycles. The van der Waals surface area contributed by atoms with Crippen LogP contribution in [-0.4, -0.2) is 42.5 Å². The second-order valence-electron chi connectivity index (χ2n) is 5.09. The molecule has 2 N–H and O–H groups in total. The molecule has 0 radical (unpaired) electrons. The molecule has 4 heteroatoms. The van der Waals surface area contributed by atoms with Crippen molar-refractivity contribution in [2.45, 2.75) is 25.9 Å². The molecule has 18 heavy (non-hydrogen) atoms. The van der Waals surface area contributed by atoms with E-state index < -0.39 is 0 Å². The zero-order valence-corrected chi connectivity index (χ0v) is 11.2. The van der Waals surface area contributed by atoms with Crippen molar-refractivity contribution in [1.82, 2.24) is 9.80 Å². The van der Waals surface area contributed by atoms with Crippen LogP contribution in [0.1, 0.15) is 18.9 Å². The van der Waals surface area contributed by atoms with E-state index in [1.165, 1.54) is 6.07 Å². The van der Waals surface area contributed by atoms with Gasteiger partial charge in [-0.1, -0.05) is 13.0 Å². The Morgan fingerprint density at radius 2 is 2.17 bits per heavy atom. The summed E-state index contributed by atoms with van der Waals surface area (Å²) in [7, 11) is 2.16. The van der Waals surface area contributed by atoms with Crippen molar-refractivity contribution in [2.75, 3.05) is 32.4 Å². The Bertz CT molecular complexity index is 388. The van der Waals surface area contributed by atoms with Crippen LogP contribution < -0.4 is 5.73 Å². The zero-order chi connectivity index (χ0) is 13.1. The highest BCUT2D eigenvalue weighted by molar-refractivity contribution is 5.47. The molecule has 0 aromatic heterocycles. The minimum Gasteiger partial charge on any atom is -0.398 e. The molecule has 1 aliphatic heterocycles. The van der Waals surface area contributed by atoms with Crippen LogP contribution in [-0.2, 0) is 6.54 Å². The molecule has 1 saturated heterocycles. The lowest BCUT2D eigenvalue weighted by Gasteiger charge is -2.39. The number of likely N-dealkylation sites (N-methyl/N-ethyl adjacent to an activating group) is 1. The lowest BCUT2D eigenvalue weighted by molar-refractivity contribution is 0.0877. The van der Waals surface area contributed by atoms with Crippen molar-refractivity contribution in [3.8, 4) is 0 Å². The fourth-order valence-electron chi connectivity index (χ4n) is 2.56. The number of hydrogen-bond donors (Lipinski definition) is 1. The Balaban J connectivity index is 2.06. The predicted molar refractivity (Wildman–Crippen MR) is 72.8 cm³/mol. The van der Waals surface area contributed by atoms with Crippen molar-refractivity contribution >= 4 is 5.69 Å². The summed E-state index contributed by atoms with van der Waals surface area (Å²) in [5, 5.41) is 0. The molecule has 1 atom stereocenters. The molecule has 1 fully saturated rings. The van der Waals surface area contributed by atoms with E-state index in [4.69, 9.17) is 5.73 Å². The van der Waals surface area contributed by atoms with E-state index >= 15 is 0 Å². The quantitative estimate of drug-likeness (QED) is 0.833. The van der Waals surface area contributed by atoms with Gasteiger partial charge in [-0.3, -0.25) is 4.90 Å². The van der Waals surface area contributed by atoms with Crippen molar-refractivity contribution in [3.63, 3.8) is 0 Å². The minimum absolute atomic E-state index is 0.193. The largest absolute Gasteiger partial charge is 0.398 e. The number of halogens is 1. The molecular weight excluding hydrogens is 229 g/mol. The average Bonchev–Trinajstić information content (AvgIpc) is 2.36. The van der Waals surface area contributed by atoms with E-state index in [1.807, 2.05) is 0 Å². The first-order valence-corrected chi connectivity index (χ1v) is 6.57. The van der Waals surface area contributed by atoms with Crippen molar-refractivity contribution in [1.29, 1.82) is 0 Å². The molecule has 2 rings (SSSR count). The highest BCUT2D eigenvalue weighted by Gasteiger charge is 2.23. The highest BCUT2D eigenvalue weighted by Crippen LogP contribution is 2.20. The third-order valence-electron chi connectivity index (χ3n) is 3.87. The number of nitrogen functional groups attached to an aromatic ring is 1. The zero-order valence-electron chi connectivity index (χ0n) is 11.2. The van der Waals surface area contributed by atoms with Crippen LogP contribution in [0.2, 0.25) is 0 Å². The Morgan fingerprint density at radius 1 is 1.39 bits per heavy atom. The molecule has 1 heterocycles. The van der Waals surface area contributed by atoms with Gasteiger partial charge in [0.05, 0.1) is 0 Å². The van der Waals surface area contributed by atoms with E-state index in [0.717, 1.165) is 26.1 Å². The smallest absolute Gasteiger partial charge is 0.129 e. The summed E-state index contributed by atoms with van der Waals surface area (Å²) in [6.07, 6.45) is 1.12. The fraction of sp³-hybridized carbons (Fsp3) is 0.571. The molecule has 1 unspecified atom stereocenters. The van der Waals surface area contributed by atoms with Gasteiger partial charge in [0.25, 0.3) is 0 Å². The van der Waals surface area contributed by atoms with Crippen LogP contribution >= 0.6 is 0 Å². The molecule has 0 aliphatic carbocycles. The van der Waals surface area contributed by atoms with Crippen LogP contribution in [0.5, 0.6) is 0 Å². The van der Waals surface area contributed by atoms with E-state index in [-0.39, 0.29) is 5.82 Å². The maximum atomic E-state index is 13.7. The first-order valence-electron chi connectivity index (χ1n) is 6.57. The van der Waals surface area contributed by atoms with Gasteiger partial charge in [-0.05, 0) is 25.6 Å². The van der Waals surface area contributed by atoms with Gasteiger partial charge in [-0.15, -0.1) is 0 Å². The first kappa shape index (κ1) is 13.3. The van der Waals surface area contributed by atoms with Gasteiger partial charge in [0.1, 0.15) is 5.82 Å². The SMILES string of the molecule is CCC1CN(Cc2c(N)cccc2F)CCN1C. The van der Waals surface area contributed by atoms with Gasteiger partial charge in [0.15, 0.2) is 0 Å². The number of hydrogen-bond acceptors (Lipinski definition) is 3. The summed E-state index contributed by atoms with van der Waals surface area (Å²) >= 11 is 0. The molecule has 1 aliphatic rings. The van der Waals surface area contributed by atoms with Crippen molar-refractivity contribution in [2.24, 2.45) is 0 Å². The summed E-state index contributed by atoms with van der Waals surface area (Å²) in [6, 6.07) is 5.48. The summed E-state index contributed by atoms with van der Waals surface area (Å²) in [4.78, 5) is 4.67. The van der Waals surface area contributed by atoms with Crippen molar-refractivity contribution < 1.29 is 4.39 Å². The molecular formula is C14H22FN3. The lowest BCUT2D eigenvalue weighted by atomic mass is 10.1. The predicted octanol–water partition coefficient (Wildman–Crippen LogP) is 1.93. The van der Waals surface area contributed by atoms with Gasteiger partial charge in [0.2, 0.25) is 0 Å². The van der Waals surface area contributed by atoms with E-state index in [9.17, 15) is 4.39 Å². The van der Waals surface area contributed by atoms with E-state index in [0.29, 0.717) is 23.8 Å². The number of piperazine rings is 1. The lowest BCUT2D eigenvalue weighted by Crippen LogP contribution is -2.50. The van der Waals surface area contributed by atoms with E-state index in [1.54, 1.807) is 12.1 Å². The number of benzene rings is 1. The highest BCUT2D eigenvalue weighted by atomic mass is 19.1. The van der Waals surface area contributed by atoms with Gasteiger partial charge in [0, 0.05) is 43.5 Å². The monoisotopic (exact) mass is 251 g/mol. The van der Waals surface area contributed by atoms with Crippen LogP contribution in [0.15, 0.2) is 18.2 Å². The normalized spacial score (nSPS) is 22.3. The molecule has 0 bridgehead atoms. The van der Waals surface area contributed by atoms with Crippen LogP contribution in [0.4, 0.5) is 10.1 Å². The second kappa shape index (κ2) is 5.67. The van der Waals surface area contributed by atoms with Crippen molar-refractivity contribution in [3.05, 3.63) is 29.6 Å². The third-order valence-corrected chi connectivity index (χ3v) is 3.87. The number of nitrogens with two attached hydrogens (primary N) is 1. The van der Waals surface area contributed by atoms with E-state index in [2.05, 4.69) is 23.8 Å².